The van der Waals surface area contributed by atoms with Gasteiger partial charge in [0.15, 0.2) is 5.69 Å². The zero-order valence-corrected chi connectivity index (χ0v) is 18.0. The molecule has 1 aliphatic heterocycles. The minimum atomic E-state index is -0.0419. The molecule has 30 heavy (non-hydrogen) atoms. The van der Waals surface area contributed by atoms with Crippen LogP contribution in [0, 0.1) is 12.8 Å². The average Bonchev–Trinajstić information content (AvgIpc) is 3.09. The maximum absolute atomic E-state index is 12.7. The summed E-state index contributed by atoms with van der Waals surface area (Å²) in [7, 11) is 5.47. The van der Waals surface area contributed by atoms with Gasteiger partial charge in [0.2, 0.25) is 5.95 Å². The lowest BCUT2D eigenvalue weighted by atomic mass is 9.96. The van der Waals surface area contributed by atoms with Crippen molar-refractivity contribution in [2.24, 2.45) is 20.0 Å². The number of piperidine rings is 1. The van der Waals surface area contributed by atoms with Gasteiger partial charge < -0.3 is 9.80 Å². The van der Waals surface area contributed by atoms with Crippen LogP contribution in [0.2, 0.25) is 0 Å². The predicted molar refractivity (Wildman–Crippen MR) is 117 cm³/mol. The highest BCUT2D eigenvalue weighted by Crippen LogP contribution is 2.23. The van der Waals surface area contributed by atoms with Crippen LogP contribution in [0.1, 0.15) is 29.0 Å². The molecule has 1 saturated heterocycles. The number of aryl methyl sites for hydroxylation is 2. The predicted octanol–water partition coefficient (Wildman–Crippen LogP) is 1.96. The van der Waals surface area contributed by atoms with E-state index in [9.17, 15) is 9.59 Å². The number of carbonyl (C=O) groups excluding carboxylic acids is 1. The largest absolute Gasteiger partial charge is 0.342 e. The lowest BCUT2D eigenvalue weighted by Crippen LogP contribution is -2.41. The van der Waals surface area contributed by atoms with Crippen LogP contribution in [0.4, 0.5) is 5.95 Å². The van der Waals surface area contributed by atoms with Crippen LogP contribution in [0.5, 0.6) is 0 Å². The van der Waals surface area contributed by atoms with E-state index >= 15 is 0 Å². The quantitative estimate of drug-likeness (QED) is 0.660. The number of amides is 1. The van der Waals surface area contributed by atoms with Gasteiger partial charge in [0, 0.05) is 46.5 Å². The Bertz CT molecular complexity index is 1120. The van der Waals surface area contributed by atoms with Crippen LogP contribution in [0.3, 0.4) is 0 Å². The molecule has 4 rings (SSSR count). The molecule has 0 saturated carbocycles. The second-order valence-electron chi connectivity index (χ2n) is 8.20. The molecule has 1 amide bonds. The SMILES string of the molecule is Cc1cc(C(=O)N(C)CC2CCN(c3nc4ccccc4c(=O)n3C)CC2)nn1C. The third kappa shape index (κ3) is 3.69. The molecule has 1 aliphatic rings. The van der Waals surface area contributed by atoms with Gasteiger partial charge in [0.25, 0.3) is 11.5 Å². The first-order chi connectivity index (χ1) is 14.3. The highest BCUT2D eigenvalue weighted by atomic mass is 16.2. The van der Waals surface area contributed by atoms with E-state index in [1.54, 1.807) is 21.2 Å². The van der Waals surface area contributed by atoms with Gasteiger partial charge in [-0.15, -0.1) is 0 Å². The zero-order valence-electron chi connectivity index (χ0n) is 18.0. The van der Waals surface area contributed by atoms with Crippen molar-refractivity contribution in [2.45, 2.75) is 19.8 Å². The molecule has 0 aliphatic carbocycles. The maximum Gasteiger partial charge on any atom is 0.274 e. The first-order valence-electron chi connectivity index (χ1n) is 10.3. The summed E-state index contributed by atoms with van der Waals surface area (Å²) in [5.74, 6) is 1.09. The molecule has 3 aromatic rings. The molecule has 1 aromatic carbocycles. The van der Waals surface area contributed by atoms with E-state index in [0.29, 0.717) is 29.5 Å². The summed E-state index contributed by atoms with van der Waals surface area (Å²) in [6, 6.07) is 9.29. The number of nitrogens with zero attached hydrogens (tertiary/aromatic N) is 6. The standard InChI is InChI=1S/C22H28N6O2/c1-15-13-19(24-27(15)4)21(30)25(2)14-16-9-11-28(12-10-16)22-23-18-8-6-5-7-17(18)20(29)26(22)3/h5-8,13,16H,9-12,14H2,1-4H3. The van der Waals surface area contributed by atoms with Crippen molar-refractivity contribution in [1.82, 2.24) is 24.2 Å². The second kappa shape index (κ2) is 7.93. The zero-order chi connectivity index (χ0) is 21.4. The monoisotopic (exact) mass is 408 g/mol. The molecular weight excluding hydrogens is 380 g/mol. The van der Waals surface area contributed by atoms with E-state index in [-0.39, 0.29) is 11.5 Å². The summed E-state index contributed by atoms with van der Waals surface area (Å²) in [5.41, 5.74) is 2.17. The third-order valence-corrected chi connectivity index (χ3v) is 6.07. The molecule has 0 unspecified atom stereocenters. The van der Waals surface area contributed by atoms with E-state index < -0.39 is 0 Å². The second-order valence-corrected chi connectivity index (χ2v) is 8.20. The molecule has 0 atom stereocenters. The average molecular weight is 409 g/mol. The Labute approximate surface area is 175 Å². The van der Waals surface area contributed by atoms with Crippen molar-refractivity contribution >= 4 is 22.8 Å². The molecule has 0 bridgehead atoms. The van der Waals surface area contributed by atoms with Crippen molar-refractivity contribution in [2.75, 3.05) is 31.6 Å². The Hall–Kier alpha value is -3.16. The maximum atomic E-state index is 12.7. The first-order valence-corrected chi connectivity index (χ1v) is 10.3. The van der Waals surface area contributed by atoms with Crippen molar-refractivity contribution in [3.05, 3.63) is 52.1 Å². The fraction of sp³-hybridized carbons (Fsp3) is 0.455. The van der Waals surface area contributed by atoms with E-state index in [1.807, 2.05) is 51.4 Å². The van der Waals surface area contributed by atoms with Gasteiger partial charge in [0.05, 0.1) is 10.9 Å². The van der Waals surface area contributed by atoms with Gasteiger partial charge in [0.1, 0.15) is 0 Å². The van der Waals surface area contributed by atoms with Crippen LogP contribution in [-0.4, -0.2) is 56.8 Å². The summed E-state index contributed by atoms with van der Waals surface area (Å²) in [4.78, 5) is 34.0. The van der Waals surface area contributed by atoms with Gasteiger partial charge in [-0.1, -0.05) is 12.1 Å². The van der Waals surface area contributed by atoms with Crippen LogP contribution < -0.4 is 10.5 Å². The van der Waals surface area contributed by atoms with Crippen molar-refractivity contribution in [3.8, 4) is 0 Å². The molecule has 0 radical (unpaired) electrons. The van der Waals surface area contributed by atoms with Gasteiger partial charge >= 0.3 is 0 Å². The number of benzene rings is 1. The summed E-state index contributed by atoms with van der Waals surface area (Å²) < 4.78 is 3.36. The van der Waals surface area contributed by atoms with Gasteiger partial charge in [-0.3, -0.25) is 18.8 Å². The Kier molecular flexibility index (Phi) is 5.32. The normalized spacial score (nSPS) is 15.0. The van der Waals surface area contributed by atoms with Gasteiger partial charge in [-0.05, 0) is 43.9 Å². The molecule has 3 heterocycles. The number of rotatable bonds is 4. The number of carbonyl (C=O) groups is 1. The Morgan fingerprint density at radius 3 is 2.57 bits per heavy atom. The summed E-state index contributed by atoms with van der Waals surface area (Å²) >= 11 is 0. The highest BCUT2D eigenvalue weighted by Gasteiger charge is 2.25. The highest BCUT2D eigenvalue weighted by molar-refractivity contribution is 5.92. The lowest BCUT2D eigenvalue weighted by Gasteiger charge is -2.35. The molecule has 1 fully saturated rings. The van der Waals surface area contributed by atoms with Crippen LogP contribution in [0.25, 0.3) is 10.9 Å². The van der Waals surface area contributed by atoms with E-state index in [1.165, 1.54) is 0 Å². The first kappa shape index (κ1) is 20.1. The van der Waals surface area contributed by atoms with Gasteiger partial charge in [-0.2, -0.15) is 5.10 Å². The fourth-order valence-electron chi connectivity index (χ4n) is 4.14. The Morgan fingerprint density at radius 1 is 1.20 bits per heavy atom. The molecule has 0 spiro atoms. The summed E-state index contributed by atoms with van der Waals surface area (Å²) in [6.07, 6.45) is 1.89. The van der Waals surface area contributed by atoms with Crippen molar-refractivity contribution in [1.29, 1.82) is 0 Å². The minimum Gasteiger partial charge on any atom is -0.342 e. The summed E-state index contributed by atoms with van der Waals surface area (Å²) in [6.45, 7) is 4.27. The minimum absolute atomic E-state index is 0.0197. The number of hydrogen-bond acceptors (Lipinski definition) is 5. The number of aromatic nitrogens is 4. The summed E-state index contributed by atoms with van der Waals surface area (Å²) in [5, 5.41) is 4.94. The smallest absolute Gasteiger partial charge is 0.274 e. The third-order valence-electron chi connectivity index (χ3n) is 6.07. The fourth-order valence-corrected chi connectivity index (χ4v) is 4.14. The van der Waals surface area contributed by atoms with Crippen LogP contribution >= 0.6 is 0 Å². The Morgan fingerprint density at radius 2 is 1.90 bits per heavy atom. The lowest BCUT2D eigenvalue weighted by molar-refractivity contribution is 0.0758. The van der Waals surface area contributed by atoms with Crippen LogP contribution in [0.15, 0.2) is 35.1 Å². The topological polar surface area (TPSA) is 76.3 Å². The van der Waals surface area contributed by atoms with E-state index in [2.05, 4.69) is 10.00 Å². The van der Waals surface area contributed by atoms with Gasteiger partial charge in [-0.25, -0.2) is 4.98 Å². The molecule has 8 nitrogen and oxygen atoms in total. The molecule has 0 N–H and O–H groups in total. The Balaban J connectivity index is 1.42. The molecular formula is C22H28N6O2. The van der Waals surface area contributed by atoms with E-state index in [4.69, 9.17) is 4.98 Å². The number of anilines is 1. The molecule has 2 aromatic heterocycles. The number of para-hydroxylation sites is 1. The number of fused-ring (bicyclic) bond motifs is 1. The van der Waals surface area contributed by atoms with Crippen molar-refractivity contribution in [3.63, 3.8) is 0 Å². The number of hydrogen-bond donors (Lipinski definition) is 0. The van der Waals surface area contributed by atoms with Crippen LogP contribution in [-0.2, 0) is 14.1 Å². The van der Waals surface area contributed by atoms with Crippen molar-refractivity contribution < 1.29 is 4.79 Å². The van der Waals surface area contributed by atoms with E-state index in [0.717, 1.165) is 37.1 Å². The molecule has 8 heteroatoms. The molecule has 158 valence electrons.